The van der Waals surface area contributed by atoms with E-state index in [1.807, 2.05) is 18.7 Å². The highest BCUT2D eigenvalue weighted by Crippen LogP contribution is 2.55. The highest BCUT2D eigenvalue weighted by molar-refractivity contribution is 5.55. The summed E-state index contributed by atoms with van der Waals surface area (Å²) < 4.78 is 34.6. The van der Waals surface area contributed by atoms with Gasteiger partial charge in [-0.2, -0.15) is 0 Å². The smallest absolute Gasteiger partial charge is 0.197 e. The van der Waals surface area contributed by atoms with Gasteiger partial charge in [0.15, 0.2) is 23.3 Å². The summed E-state index contributed by atoms with van der Waals surface area (Å²) in [5.41, 5.74) is 2.10. The Hall–Kier alpha value is -3.00. The third kappa shape index (κ3) is 3.99. The monoisotopic (exact) mass is 423 g/mol. The third-order valence-electron chi connectivity index (χ3n) is 5.77. The number of aromatic nitrogens is 4. The largest absolute Gasteiger partial charge is 0.372 e. The van der Waals surface area contributed by atoms with Crippen LogP contribution in [0.5, 0.6) is 0 Å². The highest BCUT2D eigenvalue weighted by Gasteiger charge is 2.41. The van der Waals surface area contributed by atoms with Crippen molar-refractivity contribution in [2.75, 3.05) is 18.0 Å². The molecule has 2 fully saturated rings. The van der Waals surface area contributed by atoms with Crippen LogP contribution in [0.25, 0.3) is 11.6 Å². The first-order valence-electron chi connectivity index (χ1n) is 10.5. The van der Waals surface area contributed by atoms with Gasteiger partial charge in [0.25, 0.3) is 0 Å². The van der Waals surface area contributed by atoms with E-state index < -0.39 is 11.6 Å². The molecule has 2 aromatic heterocycles. The van der Waals surface area contributed by atoms with Crippen LogP contribution in [0, 0.1) is 11.6 Å². The van der Waals surface area contributed by atoms with Gasteiger partial charge in [-0.1, -0.05) is 0 Å². The number of anilines is 1. The van der Waals surface area contributed by atoms with Gasteiger partial charge in [0.1, 0.15) is 0 Å². The first-order chi connectivity index (χ1) is 15.0. The molecule has 0 radical (unpaired) electrons. The Balaban J connectivity index is 1.30. The summed E-state index contributed by atoms with van der Waals surface area (Å²) in [7, 11) is 0. The maximum Gasteiger partial charge on any atom is 0.197 e. The van der Waals surface area contributed by atoms with Gasteiger partial charge in [0.05, 0.1) is 17.9 Å². The molecule has 1 saturated heterocycles. The van der Waals surface area contributed by atoms with Crippen molar-refractivity contribution in [3.05, 3.63) is 65.7 Å². The lowest BCUT2D eigenvalue weighted by atomic mass is 10.0. The minimum atomic E-state index is -0.806. The predicted molar refractivity (Wildman–Crippen MR) is 112 cm³/mol. The Morgan fingerprint density at radius 2 is 1.58 bits per heavy atom. The Labute approximate surface area is 179 Å². The minimum Gasteiger partial charge on any atom is -0.372 e. The Bertz CT molecular complexity index is 1070. The van der Waals surface area contributed by atoms with E-state index in [9.17, 15) is 8.78 Å². The van der Waals surface area contributed by atoms with Crippen LogP contribution in [0.2, 0.25) is 0 Å². The maximum atomic E-state index is 14.5. The van der Waals surface area contributed by atoms with Gasteiger partial charge in [0.2, 0.25) is 0 Å². The standard InChI is InChI=1S/C23H23F2N5O/c1-13(2)31-16-11-30(12-16)20-7-14(6-19(24)21(20)25)17-8-18(17)15-9-28-23(29-10-15)22-26-4-3-5-27-22/h3-7,9-10,13,16-18H,8,11-12H2,1-2H3. The SMILES string of the molecule is CC(C)OC1CN(c2cc(C3CC3c3cnc(-c4ncccn4)nc3)cc(F)c2F)C1. The van der Waals surface area contributed by atoms with E-state index >= 15 is 0 Å². The van der Waals surface area contributed by atoms with Crippen molar-refractivity contribution in [1.29, 1.82) is 0 Å². The molecule has 0 bridgehead atoms. The lowest BCUT2D eigenvalue weighted by Gasteiger charge is -2.41. The molecule has 8 heteroatoms. The number of ether oxygens (including phenoxy) is 1. The Kier molecular flexibility index (Phi) is 5.09. The molecule has 1 saturated carbocycles. The molecule has 0 amide bonds. The maximum absolute atomic E-state index is 14.5. The predicted octanol–water partition coefficient (Wildman–Crippen LogP) is 4.10. The molecule has 6 nitrogen and oxygen atoms in total. The van der Waals surface area contributed by atoms with Crippen LogP contribution < -0.4 is 4.90 Å². The van der Waals surface area contributed by atoms with Crippen LogP contribution in [0.3, 0.4) is 0 Å². The zero-order chi connectivity index (χ0) is 21.5. The second-order valence-corrected chi connectivity index (χ2v) is 8.41. The van der Waals surface area contributed by atoms with Crippen molar-refractivity contribution in [3.63, 3.8) is 0 Å². The van der Waals surface area contributed by atoms with Crippen molar-refractivity contribution in [2.24, 2.45) is 0 Å². The summed E-state index contributed by atoms with van der Waals surface area (Å²) in [5.74, 6) is -0.343. The zero-order valence-corrected chi connectivity index (χ0v) is 17.4. The number of benzene rings is 1. The van der Waals surface area contributed by atoms with E-state index in [1.165, 1.54) is 6.07 Å². The van der Waals surface area contributed by atoms with Gasteiger partial charge in [-0.15, -0.1) is 0 Å². The summed E-state index contributed by atoms with van der Waals surface area (Å²) in [6, 6.07) is 4.83. The number of hydrogen-bond acceptors (Lipinski definition) is 6. The number of nitrogens with zero attached hydrogens (tertiary/aromatic N) is 5. The van der Waals surface area contributed by atoms with Gasteiger partial charge >= 0.3 is 0 Å². The number of rotatable bonds is 6. The molecule has 3 aromatic rings. The third-order valence-corrected chi connectivity index (χ3v) is 5.77. The Morgan fingerprint density at radius 1 is 0.935 bits per heavy atom. The van der Waals surface area contributed by atoms with E-state index in [-0.39, 0.29) is 24.0 Å². The first-order valence-corrected chi connectivity index (χ1v) is 10.5. The summed E-state index contributed by atoms with van der Waals surface area (Å²) in [6.45, 7) is 5.09. The molecular formula is C23H23F2N5O. The molecule has 31 heavy (non-hydrogen) atoms. The fourth-order valence-corrected chi connectivity index (χ4v) is 4.14. The van der Waals surface area contributed by atoms with E-state index in [0.717, 1.165) is 17.5 Å². The number of halogens is 2. The van der Waals surface area contributed by atoms with Gasteiger partial charge in [-0.05, 0) is 61.4 Å². The lowest BCUT2D eigenvalue weighted by Crippen LogP contribution is -2.53. The molecule has 160 valence electrons. The zero-order valence-electron chi connectivity index (χ0n) is 17.4. The molecule has 1 aromatic carbocycles. The van der Waals surface area contributed by atoms with Crippen LogP contribution in [-0.4, -0.2) is 45.2 Å². The molecule has 2 atom stereocenters. The minimum absolute atomic E-state index is 0.0593. The van der Waals surface area contributed by atoms with E-state index in [4.69, 9.17) is 4.74 Å². The topological polar surface area (TPSA) is 64.0 Å². The summed E-state index contributed by atoms with van der Waals surface area (Å²) in [4.78, 5) is 18.9. The van der Waals surface area contributed by atoms with E-state index in [1.54, 1.807) is 36.9 Å². The molecule has 0 spiro atoms. The summed E-state index contributed by atoms with van der Waals surface area (Å²) in [6.07, 6.45) is 7.87. The fraction of sp³-hybridized carbons (Fsp3) is 0.391. The van der Waals surface area contributed by atoms with Crippen molar-refractivity contribution < 1.29 is 13.5 Å². The van der Waals surface area contributed by atoms with E-state index in [2.05, 4.69) is 19.9 Å². The van der Waals surface area contributed by atoms with Crippen molar-refractivity contribution in [1.82, 2.24) is 19.9 Å². The van der Waals surface area contributed by atoms with Crippen LogP contribution in [-0.2, 0) is 4.74 Å². The van der Waals surface area contributed by atoms with E-state index in [0.29, 0.717) is 30.4 Å². The molecule has 2 unspecified atom stereocenters. The Morgan fingerprint density at radius 3 is 2.26 bits per heavy atom. The van der Waals surface area contributed by atoms with Gasteiger partial charge in [-0.3, -0.25) is 0 Å². The molecule has 0 N–H and O–H groups in total. The summed E-state index contributed by atoms with van der Waals surface area (Å²) >= 11 is 0. The summed E-state index contributed by atoms with van der Waals surface area (Å²) in [5, 5.41) is 0. The molecule has 2 aliphatic rings. The average molecular weight is 423 g/mol. The number of hydrogen-bond donors (Lipinski definition) is 0. The molecule has 3 heterocycles. The van der Waals surface area contributed by atoms with Crippen LogP contribution in [0.4, 0.5) is 14.5 Å². The van der Waals surface area contributed by atoms with Gasteiger partial charge < -0.3 is 9.64 Å². The molecule has 1 aliphatic heterocycles. The molecule has 1 aliphatic carbocycles. The lowest BCUT2D eigenvalue weighted by molar-refractivity contribution is -0.00742. The average Bonchev–Trinajstić information content (AvgIpc) is 3.54. The van der Waals surface area contributed by atoms with Crippen molar-refractivity contribution in [2.45, 2.75) is 44.3 Å². The van der Waals surface area contributed by atoms with Crippen molar-refractivity contribution in [3.8, 4) is 11.6 Å². The van der Waals surface area contributed by atoms with Crippen LogP contribution in [0.15, 0.2) is 43.0 Å². The fourth-order valence-electron chi connectivity index (χ4n) is 4.14. The second-order valence-electron chi connectivity index (χ2n) is 8.41. The van der Waals surface area contributed by atoms with Crippen LogP contribution in [0.1, 0.15) is 43.2 Å². The van der Waals surface area contributed by atoms with Gasteiger partial charge in [0, 0.05) is 37.9 Å². The quantitative estimate of drug-likeness (QED) is 0.595. The normalized spacial score (nSPS) is 20.7. The highest BCUT2D eigenvalue weighted by atomic mass is 19.2. The first kappa shape index (κ1) is 19.9. The van der Waals surface area contributed by atoms with Gasteiger partial charge in [-0.25, -0.2) is 28.7 Å². The molecular weight excluding hydrogens is 400 g/mol. The van der Waals surface area contributed by atoms with Crippen LogP contribution >= 0.6 is 0 Å². The second kappa shape index (κ2) is 7.92. The van der Waals surface area contributed by atoms with Crippen molar-refractivity contribution >= 4 is 5.69 Å². The molecule has 5 rings (SSSR count).